The average Bonchev–Trinajstić information content (AvgIpc) is 2.29. The number of hydrogen-bond donors (Lipinski definition) is 1. The first kappa shape index (κ1) is 15.8. The van der Waals surface area contributed by atoms with Crippen molar-refractivity contribution >= 4 is 19.9 Å². The fourth-order valence-electron chi connectivity index (χ4n) is 1.38. The van der Waals surface area contributed by atoms with E-state index in [-0.39, 0.29) is 0 Å². The standard InChI is InChI=1S/C9H15N3O5S2/c1-2-4-12-5-3-11-8(9(12)13)18(14,15)6-7-19(10,16)17/h3,5H,2,4,6-7H2,1H3,(H2,10,16,17). The lowest BCUT2D eigenvalue weighted by atomic mass is 10.5. The van der Waals surface area contributed by atoms with Crippen LogP contribution in [0.1, 0.15) is 13.3 Å². The van der Waals surface area contributed by atoms with Crippen LogP contribution in [0, 0.1) is 0 Å². The van der Waals surface area contributed by atoms with Crippen LogP contribution in [-0.2, 0) is 26.4 Å². The van der Waals surface area contributed by atoms with E-state index in [9.17, 15) is 21.6 Å². The number of sulfonamides is 1. The monoisotopic (exact) mass is 309 g/mol. The Labute approximate surface area is 111 Å². The van der Waals surface area contributed by atoms with Crippen LogP contribution in [0.3, 0.4) is 0 Å². The number of aromatic nitrogens is 2. The van der Waals surface area contributed by atoms with Gasteiger partial charge in [0, 0.05) is 18.9 Å². The van der Waals surface area contributed by atoms with E-state index in [2.05, 4.69) is 4.98 Å². The minimum absolute atomic E-state index is 0.360. The summed E-state index contributed by atoms with van der Waals surface area (Å²) >= 11 is 0. The third kappa shape index (κ3) is 4.40. The number of sulfone groups is 1. The third-order valence-electron chi connectivity index (χ3n) is 2.28. The molecular formula is C9H15N3O5S2. The van der Waals surface area contributed by atoms with E-state index < -0.39 is 42.0 Å². The van der Waals surface area contributed by atoms with Crippen molar-refractivity contribution in [1.82, 2.24) is 9.55 Å². The van der Waals surface area contributed by atoms with Gasteiger partial charge in [-0.3, -0.25) is 4.79 Å². The molecule has 0 atom stereocenters. The number of nitrogens with zero attached hydrogens (tertiary/aromatic N) is 2. The maximum atomic E-state index is 11.9. The van der Waals surface area contributed by atoms with Crippen LogP contribution >= 0.6 is 0 Å². The van der Waals surface area contributed by atoms with Gasteiger partial charge in [0.1, 0.15) is 0 Å². The van der Waals surface area contributed by atoms with Crippen molar-refractivity contribution in [3.05, 3.63) is 22.7 Å². The van der Waals surface area contributed by atoms with Gasteiger partial charge in [-0.2, -0.15) is 0 Å². The first-order chi connectivity index (χ1) is 8.67. The Morgan fingerprint density at radius 1 is 1.26 bits per heavy atom. The molecule has 0 amide bonds. The Bertz CT molecular complexity index is 706. The van der Waals surface area contributed by atoms with Crippen molar-refractivity contribution in [3.63, 3.8) is 0 Å². The number of hydrogen-bond acceptors (Lipinski definition) is 6. The summed E-state index contributed by atoms with van der Waals surface area (Å²) in [7, 11) is -7.98. The van der Waals surface area contributed by atoms with Gasteiger partial charge in [-0.1, -0.05) is 6.92 Å². The summed E-state index contributed by atoms with van der Waals surface area (Å²) in [6, 6.07) is 0. The number of rotatable bonds is 6. The maximum Gasteiger partial charge on any atom is 0.288 e. The lowest BCUT2D eigenvalue weighted by molar-refractivity contribution is 0.576. The molecule has 1 aromatic rings. The van der Waals surface area contributed by atoms with E-state index in [1.165, 1.54) is 17.0 Å². The Morgan fingerprint density at radius 2 is 1.89 bits per heavy atom. The van der Waals surface area contributed by atoms with Gasteiger partial charge in [-0.25, -0.2) is 27.0 Å². The average molecular weight is 309 g/mol. The van der Waals surface area contributed by atoms with E-state index in [4.69, 9.17) is 5.14 Å². The molecule has 1 heterocycles. The molecule has 0 bridgehead atoms. The summed E-state index contributed by atoms with van der Waals surface area (Å²) in [5, 5.41) is 4.09. The molecule has 108 valence electrons. The number of primary sulfonamides is 1. The molecule has 0 fully saturated rings. The van der Waals surface area contributed by atoms with Gasteiger partial charge in [0.05, 0.1) is 11.5 Å². The summed E-state index contributed by atoms with van der Waals surface area (Å²) in [4.78, 5) is 15.4. The molecule has 0 aliphatic rings. The molecule has 0 radical (unpaired) electrons. The van der Waals surface area contributed by atoms with Gasteiger partial charge >= 0.3 is 0 Å². The first-order valence-electron chi connectivity index (χ1n) is 5.46. The summed E-state index contributed by atoms with van der Waals surface area (Å²) in [5.41, 5.74) is -0.751. The molecule has 0 spiro atoms. The summed E-state index contributed by atoms with van der Waals surface area (Å²) in [6.45, 7) is 2.20. The van der Waals surface area contributed by atoms with E-state index in [1.807, 2.05) is 6.92 Å². The SMILES string of the molecule is CCCn1ccnc(S(=O)(=O)CCS(N)(=O)=O)c1=O. The maximum absolute atomic E-state index is 11.9. The molecule has 10 heteroatoms. The van der Waals surface area contributed by atoms with Crippen LogP contribution in [0.4, 0.5) is 0 Å². The van der Waals surface area contributed by atoms with Crippen molar-refractivity contribution in [1.29, 1.82) is 0 Å². The van der Waals surface area contributed by atoms with Crippen LogP contribution in [0.25, 0.3) is 0 Å². The highest BCUT2D eigenvalue weighted by Gasteiger charge is 2.23. The minimum atomic E-state index is -4.07. The molecule has 2 N–H and O–H groups in total. The van der Waals surface area contributed by atoms with Gasteiger partial charge in [-0.15, -0.1) is 0 Å². The molecule has 0 aromatic carbocycles. The molecule has 0 saturated heterocycles. The van der Waals surface area contributed by atoms with Gasteiger partial charge in [-0.05, 0) is 6.42 Å². The smallest absolute Gasteiger partial charge is 0.288 e. The van der Waals surface area contributed by atoms with Crippen molar-refractivity contribution in [2.45, 2.75) is 24.9 Å². The molecular weight excluding hydrogens is 294 g/mol. The molecule has 0 aliphatic heterocycles. The van der Waals surface area contributed by atoms with Crippen molar-refractivity contribution < 1.29 is 16.8 Å². The van der Waals surface area contributed by atoms with Gasteiger partial charge < -0.3 is 4.57 Å². The summed E-state index contributed by atoms with van der Waals surface area (Å²) < 4.78 is 46.5. The van der Waals surface area contributed by atoms with Crippen LogP contribution in [0.2, 0.25) is 0 Å². The lowest BCUT2D eigenvalue weighted by Crippen LogP contribution is -2.30. The normalized spacial score (nSPS) is 12.5. The second-order valence-corrected chi connectivity index (χ2v) is 7.68. The van der Waals surface area contributed by atoms with Crippen LogP contribution in [-0.4, -0.2) is 37.9 Å². The molecule has 1 rings (SSSR count). The fourth-order valence-corrected chi connectivity index (χ4v) is 3.99. The highest BCUT2D eigenvalue weighted by atomic mass is 32.2. The summed E-state index contributed by atoms with van der Waals surface area (Å²) in [5.74, 6) is -1.51. The molecule has 1 aromatic heterocycles. The topological polar surface area (TPSA) is 129 Å². The molecule has 19 heavy (non-hydrogen) atoms. The third-order valence-corrected chi connectivity index (χ3v) is 4.92. The first-order valence-corrected chi connectivity index (χ1v) is 8.83. The Balaban J connectivity index is 3.16. The molecule has 0 unspecified atom stereocenters. The largest absolute Gasteiger partial charge is 0.312 e. The van der Waals surface area contributed by atoms with Gasteiger partial charge in [0.15, 0.2) is 0 Å². The second kappa shape index (κ2) is 5.80. The van der Waals surface area contributed by atoms with Crippen molar-refractivity contribution in [3.8, 4) is 0 Å². The Morgan fingerprint density at radius 3 is 2.42 bits per heavy atom. The number of nitrogens with two attached hydrogens (primary N) is 1. The van der Waals surface area contributed by atoms with E-state index >= 15 is 0 Å². The molecule has 8 nitrogen and oxygen atoms in total. The highest BCUT2D eigenvalue weighted by molar-refractivity contribution is 7.94. The summed E-state index contributed by atoms with van der Waals surface area (Å²) in [6.07, 6.45) is 3.23. The van der Waals surface area contributed by atoms with Crippen molar-refractivity contribution in [2.75, 3.05) is 11.5 Å². The predicted octanol–water partition coefficient (Wildman–Crippen LogP) is -1.28. The molecule has 0 aliphatic carbocycles. The van der Waals surface area contributed by atoms with Crippen molar-refractivity contribution in [2.24, 2.45) is 5.14 Å². The van der Waals surface area contributed by atoms with Crippen LogP contribution < -0.4 is 10.7 Å². The zero-order valence-electron chi connectivity index (χ0n) is 10.3. The zero-order valence-corrected chi connectivity index (χ0v) is 11.9. The lowest BCUT2D eigenvalue weighted by Gasteiger charge is -2.06. The molecule has 0 saturated carbocycles. The number of aryl methyl sites for hydroxylation is 1. The van der Waals surface area contributed by atoms with Crippen LogP contribution in [0.15, 0.2) is 22.2 Å². The minimum Gasteiger partial charge on any atom is -0.312 e. The fraction of sp³-hybridized carbons (Fsp3) is 0.556. The van der Waals surface area contributed by atoms with E-state index in [1.54, 1.807) is 0 Å². The van der Waals surface area contributed by atoms with Crippen LogP contribution in [0.5, 0.6) is 0 Å². The highest BCUT2D eigenvalue weighted by Crippen LogP contribution is 2.02. The Kier molecular flexibility index (Phi) is 4.82. The predicted molar refractivity (Wildman–Crippen MR) is 68.8 cm³/mol. The quantitative estimate of drug-likeness (QED) is 0.696. The van der Waals surface area contributed by atoms with E-state index in [0.29, 0.717) is 13.0 Å². The second-order valence-electron chi connectivity index (χ2n) is 3.92. The van der Waals surface area contributed by atoms with Gasteiger partial charge in [0.2, 0.25) is 24.9 Å². The van der Waals surface area contributed by atoms with Gasteiger partial charge in [0.25, 0.3) is 5.56 Å². The Hall–Kier alpha value is -1.26. The van der Waals surface area contributed by atoms with E-state index in [0.717, 1.165) is 0 Å². The zero-order chi connectivity index (χ0) is 14.7.